The predicted octanol–water partition coefficient (Wildman–Crippen LogP) is 3.93. The maximum atomic E-state index is 13.3. The van der Waals surface area contributed by atoms with Crippen LogP contribution in [-0.2, 0) is 9.53 Å². The van der Waals surface area contributed by atoms with Gasteiger partial charge in [-0.05, 0) is 49.8 Å². The van der Waals surface area contributed by atoms with Crippen molar-refractivity contribution in [3.8, 4) is 11.5 Å². The highest BCUT2D eigenvalue weighted by Crippen LogP contribution is 2.34. The summed E-state index contributed by atoms with van der Waals surface area (Å²) in [7, 11) is 1.57. The minimum Gasteiger partial charge on any atom is -0.506 e. The summed E-state index contributed by atoms with van der Waals surface area (Å²) in [5, 5.41) is 10.7. The highest BCUT2D eigenvalue weighted by molar-refractivity contribution is 7.07. The molecule has 0 radical (unpaired) electrons. The first-order valence-electron chi connectivity index (χ1n) is 10.3. The van der Waals surface area contributed by atoms with Gasteiger partial charge in [0.15, 0.2) is 4.80 Å². The summed E-state index contributed by atoms with van der Waals surface area (Å²) in [5.74, 6) is -0.0599. The lowest BCUT2D eigenvalue weighted by molar-refractivity contribution is -0.138. The predicted molar refractivity (Wildman–Crippen MR) is 132 cm³/mol. The van der Waals surface area contributed by atoms with Crippen molar-refractivity contribution in [3.63, 3.8) is 0 Å². The number of carbonyl (C=O) groups is 1. The standard InChI is InChI=1S/C24H20Cl2N2O5S/c1-4-33-23(31)19-12(2)28-22(30)18(10-14-9-15(25)11-17(26)21(14)29)34-24(28)27-20(19)13-5-7-16(32-3)8-6-13/h5-11,20,29H,4H2,1-3H3/b18-10-/t20-/m1/s1. The van der Waals surface area contributed by atoms with Crippen LogP contribution < -0.4 is 19.6 Å². The summed E-state index contributed by atoms with van der Waals surface area (Å²) in [6.07, 6.45) is 1.50. The second-order valence-corrected chi connectivity index (χ2v) is 9.24. The topological polar surface area (TPSA) is 90.1 Å². The molecule has 7 nitrogen and oxygen atoms in total. The van der Waals surface area contributed by atoms with E-state index in [1.165, 1.54) is 22.8 Å². The van der Waals surface area contributed by atoms with Gasteiger partial charge in [0.1, 0.15) is 17.5 Å². The number of fused-ring (bicyclic) bond motifs is 1. The van der Waals surface area contributed by atoms with E-state index >= 15 is 0 Å². The van der Waals surface area contributed by atoms with E-state index in [0.29, 0.717) is 31.4 Å². The van der Waals surface area contributed by atoms with Crippen LogP contribution in [0.1, 0.15) is 31.0 Å². The Morgan fingerprint density at radius 1 is 1.26 bits per heavy atom. The minimum atomic E-state index is -0.662. The minimum absolute atomic E-state index is 0.0742. The van der Waals surface area contributed by atoms with Gasteiger partial charge in [-0.2, -0.15) is 0 Å². The maximum Gasteiger partial charge on any atom is 0.338 e. The van der Waals surface area contributed by atoms with Crippen molar-refractivity contribution in [2.45, 2.75) is 19.9 Å². The van der Waals surface area contributed by atoms with E-state index in [-0.39, 0.29) is 28.5 Å². The summed E-state index contributed by atoms with van der Waals surface area (Å²) in [5.41, 5.74) is 1.37. The molecule has 0 amide bonds. The number of allylic oxidation sites excluding steroid dienone is 1. The molecule has 2 aromatic carbocycles. The highest BCUT2D eigenvalue weighted by Gasteiger charge is 2.31. The molecule has 176 valence electrons. The molecule has 1 aliphatic rings. The molecule has 34 heavy (non-hydrogen) atoms. The van der Waals surface area contributed by atoms with Gasteiger partial charge in [-0.3, -0.25) is 9.36 Å². The zero-order valence-corrected chi connectivity index (χ0v) is 20.8. The Labute approximate surface area is 208 Å². The SMILES string of the molecule is CCOC(=O)C1=C(C)n2c(s/c(=C\c3cc(Cl)cc(Cl)c3O)c2=O)=N[C@@H]1c1ccc(OC)cc1. The van der Waals surface area contributed by atoms with Crippen LogP contribution in [0.15, 0.2) is 51.8 Å². The van der Waals surface area contributed by atoms with Gasteiger partial charge in [-0.25, -0.2) is 9.79 Å². The number of methoxy groups -OCH3 is 1. The molecule has 3 aromatic rings. The molecule has 0 aliphatic carbocycles. The summed E-state index contributed by atoms with van der Waals surface area (Å²) in [6, 6.07) is 9.46. The smallest absolute Gasteiger partial charge is 0.338 e. The molecule has 1 aromatic heterocycles. The number of nitrogens with zero attached hydrogens (tertiary/aromatic N) is 2. The summed E-state index contributed by atoms with van der Waals surface area (Å²) >= 11 is 13.2. The monoisotopic (exact) mass is 518 g/mol. The number of halogens is 2. The first kappa shape index (κ1) is 24.1. The molecular weight excluding hydrogens is 499 g/mol. The van der Waals surface area contributed by atoms with Crippen LogP contribution in [0.3, 0.4) is 0 Å². The Balaban J connectivity index is 1.95. The number of aromatic hydroxyl groups is 1. The maximum absolute atomic E-state index is 13.3. The van der Waals surface area contributed by atoms with E-state index in [9.17, 15) is 14.7 Å². The third kappa shape index (κ3) is 4.36. The van der Waals surface area contributed by atoms with E-state index in [1.54, 1.807) is 33.1 Å². The van der Waals surface area contributed by atoms with Crippen LogP contribution in [0.5, 0.6) is 11.5 Å². The fourth-order valence-corrected chi connectivity index (χ4v) is 5.22. The highest BCUT2D eigenvalue weighted by atomic mass is 35.5. The second-order valence-electron chi connectivity index (χ2n) is 7.38. The Morgan fingerprint density at radius 3 is 2.62 bits per heavy atom. The molecular formula is C24H20Cl2N2O5S. The molecule has 2 heterocycles. The third-order valence-electron chi connectivity index (χ3n) is 5.32. The molecule has 10 heteroatoms. The number of phenols is 1. The Hall–Kier alpha value is -3.07. The summed E-state index contributed by atoms with van der Waals surface area (Å²) in [4.78, 5) is 31.3. The third-order valence-corrected chi connectivity index (χ3v) is 6.80. The molecule has 1 N–H and O–H groups in total. The van der Waals surface area contributed by atoms with Gasteiger partial charge < -0.3 is 14.6 Å². The summed E-state index contributed by atoms with van der Waals surface area (Å²) in [6.45, 7) is 3.59. The van der Waals surface area contributed by atoms with E-state index in [4.69, 9.17) is 37.7 Å². The molecule has 0 saturated carbocycles. The van der Waals surface area contributed by atoms with Crippen molar-refractivity contribution in [1.82, 2.24) is 4.57 Å². The van der Waals surface area contributed by atoms with Crippen LogP contribution >= 0.6 is 34.5 Å². The number of thiazole rings is 1. The number of carbonyl (C=O) groups excluding carboxylic acids is 1. The lowest BCUT2D eigenvalue weighted by Crippen LogP contribution is -2.35. The Kier molecular flexibility index (Phi) is 6.84. The lowest BCUT2D eigenvalue weighted by atomic mass is 9.96. The van der Waals surface area contributed by atoms with Crippen molar-refractivity contribution in [2.24, 2.45) is 4.99 Å². The number of hydrogen-bond donors (Lipinski definition) is 1. The Bertz CT molecular complexity index is 1490. The van der Waals surface area contributed by atoms with Gasteiger partial charge in [0.2, 0.25) is 0 Å². The normalized spacial score (nSPS) is 15.7. The number of aromatic nitrogens is 1. The number of hydrogen-bond acceptors (Lipinski definition) is 7. The van der Waals surface area contributed by atoms with Crippen LogP contribution in [0.25, 0.3) is 11.8 Å². The van der Waals surface area contributed by atoms with Crippen molar-refractivity contribution in [2.75, 3.05) is 13.7 Å². The molecule has 4 rings (SSSR count). The largest absolute Gasteiger partial charge is 0.506 e. The van der Waals surface area contributed by atoms with E-state index in [2.05, 4.69) is 0 Å². The van der Waals surface area contributed by atoms with Crippen molar-refractivity contribution < 1.29 is 19.4 Å². The number of rotatable bonds is 5. The van der Waals surface area contributed by atoms with Crippen molar-refractivity contribution in [3.05, 3.63) is 82.8 Å². The molecule has 1 aliphatic heterocycles. The molecule has 0 bridgehead atoms. The molecule has 1 atom stereocenters. The molecule has 0 fully saturated rings. The fourth-order valence-electron chi connectivity index (χ4n) is 3.68. The average molecular weight is 519 g/mol. The zero-order valence-electron chi connectivity index (χ0n) is 18.5. The van der Waals surface area contributed by atoms with E-state index in [0.717, 1.165) is 16.9 Å². The lowest BCUT2D eigenvalue weighted by Gasteiger charge is -2.22. The zero-order chi connectivity index (χ0) is 24.6. The van der Waals surface area contributed by atoms with Crippen molar-refractivity contribution in [1.29, 1.82) is 0 Å². The number of benzene rings is 2. The second kappa shape index (κ2) is 9.66. The van der Waals surface area contributed by atoms with Gasteiger partial charge in [0.05, 0.1) is 28.8 Å². The van der Waals surface area contributed by atoms with Gasteiger partial charge in [-0.1, -0.05) is 46.7 Å². The number of esters is 1. The number of phenolic OH excluding ortho intramolecular Hbond substituents is 1. The first-order chi connectivity index (χ1) is 16.2. The van der Waals surface area contributed by atoms with Crippen LogP contribution in [0.4, 0.5) is 0 Å². The van der Waals surface area contributed by atoms with Gasteiger partial charge in [-0.15, -0.1) is 0 Å². The summed E-state index contributed by atoms with van der Waals surface area (Å²) < 4.78 is 12.2. The molecule has 0 spiro atoms. The number of ether oxygens (including phenoxy) is 2. The fraction of sp³-hybridized carbons (Fsp3) is 0.208. The molecule has 0 saturated heterocycles. The quantitative estimate of drug-likeness (QED) is 0.516. The van der Waals surface area contributed by atoms with Crippen molar-refractivity contribution >= 4 is 52.3 Å². The average Bonchev–Trinajstić information content (AvgIpc) is 3.12. The first-order valence-corrected chi connectivity index (χ1v) is 11.8. The van der Waals surface area contributed by atoms with Crippen LogP contribution in [0.2, 0.25) is 10.0 Å². The van der Waals surface area contributed by atoms with E-state index < -0.39 is 12.0 Å². The van der Waals surface area contributed by atoms with Gasteiger partial charge in [0, 0.05) is 16.3 Å². The van der Waals surface area contributed by atoms with Crippen LogP contribution in [0, 0.1) is 0 Å². The van der Waals surface area contributed by atoms with E-state index in [1.807, 2.05) is 12.1 Å². The van der Waals surface area contributed by atoms with Gasteiger partial charge >= 0.3 is 5.97 Å². The Morgan fingerprint density at radius 2 is 1.97 bits per heavy atom. The van der Waals surface area contributed by atoms with Crippen LogP contribution in [-0.4, -0.2) is 29.4 Å². The van der Waals surface area contributed by atoms with Gasteiger partial charge in [0.25, 0.3) is 5.56 Å². The molecule has 0 unspecified atom stereocenters.